The van der Waals surface area contributed by atoms with Crippen LogP contribution in [0.4, 0.5) is 4.79 Å². The summed E-state index contributed by atoms with van der Waals surface area (Å²) in [5.74, 6) is 2.64. The average molecular weight is 191 g/mol. The number of carbonyl (C=O) groups excluding carboxylic acids is 1. The third kappa shape index (κ3) is 7.23. The lowest BCUT2D eigenvalue weighted by molar-refractivity contribution is 0.0586. The Hall–Kier alpha value is -0.880. The predicted octanol–water partition coefficient (Wildman–Crippen LogP) is 2.14. The molecule has 3 nitrogen and oxygen atoms in total. The molecule has 12 heavy (non-hydrogen) atoms. The molecule has 0 spiro atoms. The van der Waals surface area contributed by atoms with Crippen molar-refractivity contribution in [2.75, 3.05) is 13.2 Å². The highest BCUT2D eigenvalue weighted by Gasteiger charge is 1.99. The molecule has 0 amide bonds. The first-order valence-corrected chi connectivity index (χ1v) is 4.07. The van der Waals surface area contributed by atoms with Gasteiger partial charge in [0.15, 0.2) is 0 Å². The van der Waals surface area contributed by atoms with E-state index >= 15 is 0 Å². The zero-order valence-electron chi connectivity index (χ0n) is 6.93. The molecule has 0 aliphatic rings. The fourth-order valence-corrected chi connectivity index (χ4v) is 0.617. The fraction of sp³-hybridized carbons (Fsp3) is 0.625. The Morgan fingerprint density at radius 3 is 2.83 bits per heavy atom. The molecule has 0 saturated carbocycles. The van der Waals surface area contributed by atoms with E-state index in [4.69, 9.17) is 11.6 Å². The molecule has 4 heteroatoms. The van der Waals surface area contributed by atoms with E-state index in [0.29, 0.717) is 26.1 Å². The van der Waals surface area contributed by atoms with Crippen molar-refractivity contribution in [3.63, 3.8) is 0 Å². The van der Waals surface area contributed by atoms with Crippen LogP contribution in [-0.2, 0) is 9.47 Å². The van der Waals surface area contributed by atoms with E-state index in [9.17, 15) is 4.79 Å². The Kier molecular flexibility index (Phi) is 7.62. The van der Waals surface area contributed by atoms with Crippen LogP contribution in [0, 0.1) is 11.3 Å². The first-order chi connectivity index (χ1) is 5.81. The quantitative estimate of drug-likeness (QED) is 0.387. The molecular formula is C8H11ClO3. The predicted molar refractivity (Wildman–Crippen MR) is 45.8 cm³/mol. The summed E-state index contributed by atoms with van der Waals surface area (Å²) in [5, 5.41) is 2.23. The van der Waals surface area contributed by atoms with Crippen molar-refractivity contribution in [2.24, 2.45) is 0 Å². The van der Waals surface area contributed by atoms with Gasteiger partial charge in [-0.3, -0.25) is 0 Å². The molecule has 0 aromatic heterocycles. The summed E-state index contributed by atoms with van der Waals surface area (Å²) in [6.07, 6.45) is 0.679. The molecular weight excluding hydrogens is 180 g/mol. The van der Waals surface area contributed by atoms with E-state index < -0.39 is 6.16 Å². The standard InChI is InChI=1S/C8H11ClO3/c1-2-11-8(10)12-7-5-3-4-6-9/h2-3,5,7H2,1H3. The van der Waals surface area contributed by atoms with Gasteiger partial charge in [0.25, 0.3) is 0 Å². The third-order valence-corrected chi connectivity index (χ3v) is 1.13. The van der Waals surface area contributed by atoms with Crippen LogP contribution in [0.1, 0.15) is 19.8 Å². The molecule has 0 heterocycles. The number of rotatable bonds is 4. The topological polar surface area (TPSA) is 35.5 Å². The minimum Gasteiger partial charge on any atom is -0.435 e. The molecule has 0 fully saturated rings. The summed E-state index contributed by atoms with van der Waals surface area (Å²) >= 11 is 5.10. The van der Waals surface area contributed by atoms with E-state index in [0.717, 1.165) is 0 Å². The molecule has 0 N–H and O–H groups in total. The first-order valence-electron chi connectivity index (χ1n) is 3.69. The minimum atomic E-state index is -0.628. The van der Waals surface area contributed by atoms with E-state index in [1.54, 1.807) is 6.92 Å². The van der Waals surface area contributed by atoms with Gasteiger partial charge in [-0.1, -0.05) is 5.92 Å². The second-order valence-electron chi connectivity index (χ2n) is 1.91. The lowest BCUT2D eigenvalue weighted by Gasteiger charge is -2.01. The van der Waals surface area contributed by atoms with Gasteiger partial charge < -0.3 is 9.47 Å². The number of hydrogen-bond donors (Lipinski definition) is 0. The van der Waals surface area contributed by atoms with Gasteiger partial charge in [0.2, 0.25) is 0 Å². The summed E-state index contributed by atoms with van der Waals surface area (Å²) in [4.78, 5) is 10.6. The molecule has 0 aromatic rings. The largest absolute Gasteiger partial charge is 0.508 e. The van der Waals surface area contributed by atoms with Crippen molar-refractivity contribution in [1.29, 1.82) is 0 Å². The highest BCUT2D eigenvalue weighted by atomic mass is 35.5. The highest BCUT2D eigenvalue weighted by molar-refractivity contribution is 6.30. The van der Waals surface area contributed by atoms with Crippen molar-refractivity contribution < 1.29 is 14.3 Å². The Bertz CT molecular complexity index is 180. The Balaban J connectivity index is 3.17. The molecule has 0 rings (SSSR count). The first kappa shape index (κ1) is 11.1. The summed E-state index contributed by atoms with van der Waals surface area (Å²) < 4.78 is 9.18. The second kappa shape index (κ2) is 8.22. The lowest BCUT2D eigenvalue weighted by Crippen LogP contribution is -2.07. The van der Waals surface area contributed by atoms with Crippen LogP contribution in [-0.4, -0.2) is 19.4 Å². The van der Waals surface area contributed by atoms with Crippen molar-refractivity contribution >= 4 is 17.8 Å². The normalized spacial score (nSPS) is 8.17. The third-order valence-electron chi connectivity index (χ3n) is 0.995. The van der Waals surface area contributed by atoms with Gasteiger partial charge in [-0.05, 0) is 24.9 Å². The van der Waals surface area contributed by atoms with Crippen molar-refractivity contribution in [2.45, 2.75) is 19.8 Å². The zero-order chi connectivity index (χ0) is 9.23. The van der Waals surface area contributed by atoms with Crippen LogP contribution in [0.15, 0.2) is 0 Å². The summed E-state index contributed by atoms with van der Waals surface area (Å²) in [6.45, 7) is 2.38. The monoisotopic (exact) mass is 190 g/mol. The van der Waals surface area contributed by atoms with Crippen LogP contribution >= 0.6 is 11.6 Å². The Morgan fingerprint density at radius 2 is 2.25 bits per heavy atom. The number of carbonyl (C=O) groups is 1. The maximum Gasteiger partial charge on any atom is 0.508 e. The molecule has 0 radical (unpaired) electrons. The molecule has 68 valence electrons. The van der Waals surface area contributed by atoms with Crippen LogP contribution in [0.25, 0.3) is 0 Å². The Labute approximate surface area is 77.0 Å². The fourth-order valence-electron chi connectivity index (χ4n) is 0.523. The van der Waals surface area contributed by atoms with Crippen molar-refractivity contribution in [1.82, 2.24) is 0 Å². The molecule has 0 aliphatic heterocycles. The van der Waals surface area contributed by atoms with Gasteiger partial charge in [0, 0.05) is 11.8 Å². The SMILES string of the molecule is CCOC(=O)OCCCC#CCl. The number of ether oxygens (including phenoxy) is 2. The van der Waals surface area contributed by atoms with Crippen LogP contribution in [0.2, 0.25) is 0 Å². The molecule has 0 aliphatic carbocycles. The highest BCUT2D eigenvalue weighted by Crippen LogP contribution is 1.91. The maximum atomic E-state index is 10.6. The Morgan fingerprint density at radius 1 is 1.50 bits per heavy atom. The van der Waals surface area contributed by atoms with E-state index in [1.807, 2.05) is 0 Å². The van der Waals surface area contributed by atoms with Gasteiger partial charge in [0.05, 0.1) is 13.2 Å². The minimum absolute atomic E-state index is 0.324. The van der Waals surface area contributed by atoms with Crippen molar-refractivity contribution in [3.05, 3.63) is 0 Å². The summed E-state index contributed by atoms with van der Waals surface area (Å²) in [5.41, 5.74) is 0. The van der Waals surface area contributed by atoms with Crippen LogP contribution in [0.3, 0.4) is 0 Å². The van der Waals surface area contributed by atoms with Crippen LogP contribution in [0.5, 0.6) is 0 Å². The molecule has 0 saturated heterocycles. The zero-order valence-corrected chi connectivity index (χ0v) is 7.69. The summed E-state index contributed by atoms with van der Waals surface area (Å²) in [6, 6.07) is 0. The molecule has 0 aromatic carbocycles. The summed E-state index contributed by atoms with van der Waals surface area (Å²) in [7, 11) is 0. The second-order valence-corrected chi connectivity index (χ2v) is 2.10. The average Bonchev–Trinajstić information content (AvgIpc) is 2.05. The van der Waals surface area contributed by atoms with E-state index in [2.05, 4.69) is 20.8 Å². The lowest BCUT2D eigenvalue weighted by atomic mass is 10.3. The van der Waals surface area contributed by atoms with Gasteiger partial charge in [-0.2, -0.15) is 0 Å². The number of hydrogen-bond acceptors (Lipinski definition) is 3. The molecule has 0 unspecified atom stereocenters. The molecule has 0 bridgehead atoms. The van der Waals surface area contributed by atoms with E-state index in [-0.39, 0.29) is 0 Å². The van der Waals surface area contributed by atoms with Gasteiger partial charge in [-0.15, -0.1) is 0 Å². The number of halogens is 1. The van der Waals surface area contributed by atoms with Gasteiger partial charge in [-0.25, -0.2) is 4.79 Å². The van der Waals surface area contributed by atoms with Gasteiger partial charge in [0.1, 0.15) is 0 Å². The molecule has 0 atom stereocenters. The maximum absolute atomic E-state index is 10.6. The van der Waals surface area contributed by atoms with Gasteiger partial charge >= 0.3 is 6.16 Å². The smallest absolute Gasteiger partial charge is 0.435 e. The van der Waals surface area contributed by atoms with Crippen molar-refractivity contribution in [3.8, 4) is 11.3 Å². The van der Waals surface area contributed by atoms with Crippen LogP contribution < -0.4 is 0 Å². The number of unbranched alkanes of at least 4 members (excludes halogenated alkanes) is 1. The van der Waals surface area contributed by atoms with E-state index in [1.165, 1.54) is 0 Å².